The number of hydrogen-bond acceptors (Lipinski definition) is 6. The predicted octanol–water partition coefficient (Wildman–Crippen LogP) is 3.33. The van der Waals surface area contributed by atoms with Crippen LogP contribution in [0.3, 0.4) is 0 Å². The van der Waals surface area contributed by atoms with E-state index in [-0.39, 0.29) is 5.82 Å². The number of allylic oxidation sites excluding steroid dienone is 1. The molecule has 0 bridgehead atoms. The number of aromatic nitrogens is 2. The Kier molecular flexibility index (Phi) is 5.83. The van der Waals surface area contributed by atoms with Gasteiger partial charge in [-0.2, -0.15) is 0 Å². The molecule has 8 heteroatoms. The zero-order chi connectivity index (χ0) is 23.7. The topological polar surface area (TPSA) is 71.9 Å². The van der Waals surface area contributed by atoms with Gasteiger partial charge in [0, 0.05) is 61.6 Å². The van der Waals surface area contributed by atoms with Gasteiger partial charge < -0.3 is 24.8 Å². The highest BCUT2D eigenvalue weighted by Gasteiger charge is 2.39. The van der Waals surface area contributed by atoms with Crippen molar-refractivity contribution in [2.45, 2.75) is 11.8 Å². The van der Waals surface area contributed by atoms with Crippen LogP contribution in [0, 0.1) is 5.82 Å². The molecule has 2 aliphatic rings. The Morgan fingerprint density at radius 3 is 2.59 bits per heavy atom. The SMILES string of the molecule is COc1cc(N2CCN(C)CC2)ccc1C1(c2cncn2-c2cccc(F)c2)C=NC(N)=CC1. The van der Waals surface area contributed by atoms with Crippen molar-refractivity contribution in [3.8, 4) is 11.4 Å². The van der Waals surface area contributed by atoms with Gasteiger partial charge in [0.15, 0.2) is 0 Å². The van der Waals surface area contributed by atoms with Crippen LogP contribution in [0.5, 0.6) is 5.75 Å². The molecule has 1 saturated heterocycles. The number of halogens is 1. The summed E-state index contributed by atoms with van der Waals surface area (Å²) in [6, 6.07) is 12.8. The van der Waals surface area contributed by atoms with Crippen molar-refractivity contribution < 1.29 is 9.13 Å². The number of aliphatic imine (C=N–C) groups is 1. The Morgan fingerprint density at radius 1 is 1.06 bits per heavy atom. The van der Waals surface area contributed by atoms with Crippen molar-refractivity contribution in [2.24, 2.45) is 10.7 Å². The largest absolute Gasteiger partial charge is 0.496 e. The zero-order valence-corrected chi connectivity index (χ0v) is 19.5. The molecular formula is C26H29FN6O. The quantitative estimate of drug-likeness (QED) is 0.632. The maximum Gasteiger partial charge on any atom is 0.125 e. The first-order chi connectivity index (χ1) is 16.5. The molecule has 2 aliphatic heterocycles. The molecule has 2 aromatic carbocycles. The Hall–Kier alpha value is -3.65. The zero-order valence-electron chi connectivity index (χ0n) is 19.5. The minimum Gasteiger partial charge on any atom is -0.496 e. The standard InChI is InChI=1S/C26H29FN6O/c1-31-10-12-32(13-11-31)20-6-7-22(23(15-20)34-2)26(9-8-25(28)30-17-26)24-16-29-18-33(24)21-5-3-4-19(27)14-21/h3-8,14-18H,9-13,28H2,1-2H3. The molecule has 5 rings (SSSR count). The minimum atomic E-state index is -0.683. The second kappa shape index (κ2) is 8.95. The Labute approximate surface area is 199 Å². The molecule has 1 unspecified atom stereocenters. The third-order valence-corrected chi connectivity index (χ3v) is 6.78. The van der Waals surface area contributed by atoms with Crippen LogP contribution in [0.25, 0.3) is 5.69 Å². The first-order valence-corrected chi connectivity index (χ1v) is 11.4. The highest BCUT2D eigenvalue weighted by atomic mass is 19.1. The molecule has 1 aromatic heterocycles. The van der Waals surface area contributed by atoms with Crippen LogP contribution in [0.1, 0.15) is 17.7 Å². The van der Waals surface area contributed by atoms with Gasteiger partial charge in [-0.05, 0) is 43.8 Å². The monoisotopic (exact) mass is 460 g/mol. The summed E-state index contributed by atoms with van der Waals surface area (Å²) in [5.41, 5.74) is 8.96. The highest BCUT2D eigenvalue weighted by Crippen LogP contribution is 2.43. The van der Waals surface area contributed by atoms with Gasteiger partial charge in [-0.1, -0.05) is 12.1 Å². The van der Waals surface area contributed by atoms with E-state index in [0.717, 1.165) is 48.9 Å². The number of imidazole rings is 1. The summed E-state index contributed by atoms with van der Waals surface area (Å²) < 4.78 is 21.9. The Balaban J connectivity index is 1.62. The number of nitrogens with zero attached hydrogens (tertiary/aromatic N) is 5. The van der Waals surface area contributed by atoms with Crippen LogP contribution in [0.15, 0.2) is 71.9 Å². The van der Waals surface area contributed by atoms with E-state index in [9.17, 15) is 4.39 Å². The first-order valence-electron chi connectivity index (χ1n) is 11.4. The van der Waals surface area contributed by atoms with Gasteiger partial charge in [0.1, 0.15) is 17.4 Å². The minimum absolute atomic E-state index is 0.304. The van der Waals surface area contributed by atoms with Crippen molar-refractivity contribution in [3.05, 3.63) is 84.0 Å². The normalized spacial score (nSPS) is 20.9. The molecule has 0 amide bonds. The summed E-state index contributed by atoms with van der Waals surface area (Å²) in [4.78, 5) is 13.6. The van der Waals surface area contributed by atoms with E-state index in [0.29, 0.717) is 17.9 Å². The predicted molar refractivity (Wildman–Crippen MR) is 132 cm³/mol. The lowest BCUT2D eigenvalue weighted by atomic mass is 9.74. The van der Waals surface area contributed by atoms with Crippen molar-refractivity contribution >= 4 is 11.9 Å². The molecule has 1 fully saturated rings. The lowest BCUT2D eigenvalue weighted by molar-refractivity contribution is 0.312. The first kappa shape index (κ1) is 22.2. The number of piperazine rings is 1. The van der Waals surface area contributed by atoms with Crippen LogP contribution >= 0.6 is 0 Å². The molecule has 7 nitrogen and oxygen atoms in total. The van der Waals surface area contributed by atoms with Crippen molar-refractivity contribution in [3.63, 3.8) is 0 Å². The smallest absolute Gasteiger partial charge is 0.125 e. The molecule has 176 valence electrons. The maximum absolute atomic E-state index is 14.1. The third-order valence-electron chi connectivity index (χ3n) is 6.78. The number of benzene rings is 2. The number of nitrogens with two attached hydrogens (primary N) is 1. The Bertz CT molecular complexity index is 1240. The fourth-order valence-corrected chi connectivity index (χ4v) is 4.81. The Morgan fingerprint density at radius 2 is 1.88 bits per heavy atom. The van der Waals surface area contributed by atoms with Gasteiger partial charge in [-0.25, -0.2) is 14.4 Å². The van der Waals surface area contributed by atoms with Gasteiger partial charge in [-0.3, -0.25) is 0 Å². The van der Waals surface area contributed by atoms with Gasteiger partial charge in [0.2, 0.25) is 0 Å². The van der Waals surface area contributed by atoms with E-state index in [2.05, 4.69) is 45.0 Å². The number of methoxy groups -OCH3 is 1. The van der Waals surface area contributed by atoms with E-state index in [4.69, 9.17) is 10.5 Å². The summed E-state index contributed by atoms with van der Waals surface area (Å²) >= 11 is 0. The average molecular weight is 461 g/mol. The molecule has 34 heavy (non-hydrogen) atoms. The van der Waals surface area contributed by atoms with Crippen molar-refractivity contribution in [2.75, 3.05) is 45.2 Å². The number of rotatable bonds is 5. The van der Waals surface area contributed by atoms with Crippen LogP contribution in [0.2, 0.25) is 0 Å². The number of likely N-dealkylation sites (N-methyl/N-ethyl adjacent to an activating group) is 1. The van der Waals surface area contributed by atoms with Crippen LogP contribution in [-0.2, 0) is 5.41 Å². The van der Waals surface area contributed by atoms with Crippen molar-refractivity contribution in [1.82, 2.24) is 14.5 Å². The molecule has 0 radical (unpaired) electrons. The molecule has 0 aliphatic carbocycles. The average Bonchev–Trinajstić information content (AvgIpc) is 3.36. The van der Waals surface area contributed by atoms with E-state index >= 15 is 0 Å². The molecular weight excluding hydrogens is 431 g/mol. The van der Waals surface area contributed by atoms with E-state index < -0.39 is 5.41 Å². The summed E-state index contributed by atoms with van der Waals surface area (Å²) in [5.74, 6) is 0.936. The van der Waals surface area contributed by atoms with Gasteiger partial charge >= 0.3 is 0 Å². The molecule has 3 aromatic rings. The molecule has 0 spiro atoms. The molecule has 0 saturated carbocycles. The van der Waals surface area contributed by atoms with Crippen molar-refractivity contribution in [1.29, 1.82) is 0 Å². The van der Waals surface area contributed by atoms with Gasteiger partial charge in [-0.15, -0.1) is 0 Å². The molecule has 2 N–H and O–H groups in total. The fourth-order valence-electron chi connectivity index (χ4n) is 4.81. The number of hydrogen-bond donors (Lipinski definition) is 1. The molecule has 1 atom stereocenters. The second-order valence-corrected chi connectivity index (χ2v) is 8.87. The maximum atomic E-state index is 14.1. The van der Waals surface area contributed by atoms with Crippen LogP contribution in [-0.4, -0.2) is 61.0 Å². The van der Waals surface area contributed by atoms with E-state index in [1.54, 1.807) is 25.7 Å². The summed E-state index contributed by atoms with van der Waals surface area (Å²) in [6.45, 7) is 3.99. The second-order valence-electron chi connectivity index (χ2n) is 8.87. The molecule has 3 heterocycles. The number of anilines is 1. The summed E-state index contributed by atoms with van der Waals surface area (Å²) in [6.07, 6.45) is 7.86. The lowest BCUT2D eigenvalue weighted by Crippen LogP contribution is -2.44. The van der Waals surface area contributed by atoms with Gasteiger partial charge in [0.25, 0.3) is 0 Å². The van der Waals surface area contributed by atoms with Crippen LogP contribution < -0.4 is 15.4 Å². The summed E-state index contributed by atoms with van der Waals surface area (Å²) in [5, 5.41) is 0. The van der Waals surface area contributed by atoms with Gasteiger partial charge in [0.05, 0.1) is 24.5 Å². The third kappa shape index (κ3) is 3.94. The summed E-state index contributed by atoms with van der Waals surface area (Å²) in [7, 11) is 3.84. The highest BCUT2D eigenvalue weighted by molar-refractivity contribution is 5.83. The van der Waals surface area contributed by atoms with Crippen LogP contribution in [0.4, 0.5) is 10.1 Å². The van der Waals surface area contributed by atoms with E-state index in [1.807, 2.05) is 22.9 Å². The fraction of sp³-hybridized carbons (Fsp3) is 0.308. The lowest BCUT2D eigenvalue weighted by Gasteiger charge is -2.36. The van der Waals surface area contributed by atoms with E-state index in [1.165, 1.54) is 12.1 Å². The number of ether oxygens (including phenoxy) is 1.